The van der Waals surface area contributed by atoms with Crippen LogP contribution in [0.25, 0.3) is 0 Å². The maximum absolute atomic E-state index is 12.8. The fourth-order valence-electron chi connectivity index (χ4n) is 0.740. The minimum Gasteiger partial charge on any atom is -0.205 e. The van der Waals surface area contributed by atoms with E-state index in [2.05, 4.69) is 0 Å². The summed E-state index contributed by atoms with van der Waals surface area (Å²) >= 11 is 27.8. The molecule has 0 aliphatic heterocycles. The monoisotopic (exact) mass is 280 g/mol. The van der Waals surface area contributed by atoms with E-state index in [4.69, 9.17) is 58.0 Å². The van der Waals surface area contributed by atoms with Crippen LogP contribution in [0.2, 0.25) is 10.0 Å². The lowest BCUT2D eigenvalue weighted by Gasteiger charge is -2.13. The molecule has 0 saturated heterocycles. The molecule has 0 bridgehead atoms. The lowest BCUT2D eigenvalue weighted by Crippen LogP contribution is -2.01. The van der Waals surface area contributed by atoms with Gasteiger partial charge < -0.3 is 0 Å². The predicted octanol–water partition coefficient (Wildman–Crippen LogP) is 4.96. The second-order valence-electron chi connectivity index (χ2n) is 2.24. The SMILES string of the molecule is Fc1cc(Cl)c(C(Cl)(Cl)Cl)cc1Cl. The molecular formula is C7H2Cl5F. The first-order valence-corrected chi connectivity index (χ1v) is 4.93. The maximum atomic E-state index is 12.8. The molecule has 0 spiro atoms. The zero-order valence-electron chi connectivity index (χ0n) is 5.92. The molecule has 0 amide bonds. The Kier molecular flexibility index (Phi) is 3.59. The molecule has 0 saturated carbocycles. The van der Waals surface area contributed by atoms with Gasteiger partial charge in [0.05, 0.1) is 10.0 Å². The van der Waals surface area contributed by atoms with Crippen LogP contribution >= 0.6 is 58.0 Å². The molecule has 0 fully saturated rings. The van der Waals surface area contributed by atoms with E-state index in [0.717, 1.165) is 6.07 Å². The lowest BCUT2D eigenvalue weighted by atomic mass is 10.2. The fourth-order valence-corrected chi connectivity index (χ4v) is 1.81. The minimum atomic E-state index is -1.70. The van der Waals surface area contributed by atoms with Gasteiger partial charge in [0.25, 0.3) is 0 Å². The summed E-state index contributed by atoms with van der Waals surface area (Å²) in [6, 6.07) is 2.19. The second-order valence-corrected chi connectivity index (χ2v) is 5.34. The number of hydrogen-bond donors (Lipinski definition) is 0. The standard InChI is InChI=1S/C7H2Cl5F/c8-4-2-6(13)5(9)1-3(4)7(10,11)12/h1-2H. The molecule has 0 radical (unpaired) electrons. The van der Waals surface area contributed by atoms with Gasteiger partial charge in [-0.2, -0.15) is 0 Å². The third-order valence-electron chi connectivity index (χ3n) is 1.32. The van der Waals surface area contributed by atoms with E-state index >= 15 is 0 Å². The van der Waals surface area contributed by atoms with Crippen LogP contribution in [0.1, 0.15) is 5.56 Å². The molecule has 1 aromatic carbocycles. The highest BCUT2D eigenvalue weighted by Crippen LogP contribution is 2.43. The summed E-state index contributed by atoms with van der Waals surface area (Å²) in [5, 5.41) is -0.104. The van der Waals surface area contributed by atoms with E-state index in [1.807, 2.05) is 0 Å². The van der Waals surface area contributed by atoms with Crippen molar-refractivity contribution in [1.82, 2.24) is 0 Å². The summed E-state index contributed by atoms with van der Waals surface area (Å²) in [4.78, 5) is 0. The summed E-state index contributed by atoms with van der Waals surface area (Å²) in [5.41, 5.74) is 0.158. The molecule has 6 heteroatoms. The van der Waals surface area contributed by atoms with Gasteiger partial charge in [-0.05, 0) is 12.1 Å². The van der Waals surface area contributed by atoms with Crippen LogP contribution in [0, 0.1) is 5.82 Å². The average Bonchev–Trinajstić information content (AvgIpc) is 1.94. The van der Waals surface area contributed by atoms with Crippen LogP contribution in [-0.2, 0) is 3.79 Å². The van der Waals surface area contributed by atoms with Crippen LogP contribution in [0.3, 0.4) is 0 Å². The molecule has 0 aliphatic carbocycles. The maximum Gasteiger partial charge on any atom is 0.217 e. The first kappa shape index (κ1) is 11.7. The van der Waals surface area contributed by atoms with E-state index in [9.17, 15) is 4.39 Å². The minimum absolute atomic E-state index is 0.0295. The van der Waals surface area contributed by atoms with Crippen LogP contribution in [0.5, 0.6) is 0 Å². The average molecular weight is 282 g/mol. The smallest absolute Gasteiger partial charge is 0.205 e. The third kappa shape index (κ3) is 2.77. The van der Waals surface area contributed by atoms with Gasteiger partial charge in [0.2, 0.25) is 3.79 Å². The van der Waals surface area contributed by atoms with Gasteiger partial charge in [-0.3, -0.25) is 0 Å². The van der Waals surface area contributed by atoms with E-state index in [0.29, 0.717) is 0 Å². The van der Waals surface area contributed by atoms with Crippen molar-refractivity contribution in [3.05, 3.63) is 33.6 Å². The van der Waals surface area contributed by atoms with Gasteiger partial charge in [0.1, 0.15) is 5.82 Å². The summed E-state index contributed by atoms with van der Waals surface area (Å²) in [5.74, 6) is -0.648. The van der Waals surface area contributed by atoms with E-state index in [1.54, 1.807) is 0 Å². The number of alkyl halides is 3. The van der Waals surface area contributed by atoms with Gasteiger partial charge in [0.15, 0.2) is 0 Å². The Morgan fingerprint density at radius 3 is 2.00 bits per heavy atom. The molecule has 1 rings (SSSR count). The van der Waals surface area contributed by atoms with E-state index in [1.165, 1.54) is 6.07 Å². The Morgan fingerprint density at radius 2 is 1.54 bits per heavy atom. The van der Waals surface area contributed by atoms with Crippen molar-refractivity contribution in [2.45, 2.75) is 3.79 Å². The summed E-state index contributed by atoms with van der Waals surface area (Å²) in [7, 11) is 0. The van der Waals surface area contributed by atoms with Gasteiger partial charge in [-0.1, -0.05) is 58.0 Å². The van der Waals surface area contributed by atoms with Crippen molar-refractivity contribution in [1.29, 1.82) is 0 Å². The van der Waals surface area contributed by atoms with Crippen molar-refractivity contribution < 1.29 is 4.39 Å². The first-order valence-electron chi connectivity index (χ1n) is 3.04. The zero-order chi connectivity index (χ0) is 10.2. The Morgan fingerprint density at radius 1 is 1.00 bits per heavy atom. The van der Waals surface area contributed by atoms with Gasteiger partial charge in [0, 0.05) is 5.56 Å². The number of halogens is 6. The molecule has 0 aromatic heterocycles. The van der Waals surface area contributed by atoms with E-state index in [-0.39, 0.29) is 15.6 Å². The molecule has 13 heavy (non-hydrogen) atoms. The number of benzene rings is 1. The van der Waals surface area contributed by atoms with Crippen LogP contribution in [0.4, 0.5) is 4.39 Å². The van der Waals surface area contributed by atoms with Crippen molar-refractivity contribution in [3.8, 4) is 0 Å². The van der Waals surface area contributed by atoms with Crippen molar-refractivity contribution in [3.63, 3.8) is 0 Å². The van der Waals surface area contributed by atoms with Crippen LogP contribution in [-0.4, -0.2) is 0 Å². The topological polar surface area (TPSA) is 0 Å². The molecular weight excluding hydrogens is 280 g/mol. The predicted molar refractivity (Wildman–Crippen MR) is 55.7 cm³/mol. The molecule has 0 nitrogen and oxygen atoms in total. The lowest BCUT2D eigenvalue weighted by molar-refractivity contribution is 0.627. The molecule has 1 aromatic rings. The van der Waals surface area contributed by atoms with Crippen LogP contribution in [0.15, 0.2) is 12.1 Å². The number of hydrogen-bond acceptors (Lipinski definition) is 0. The Labute approximate surface area is 99.5 Å². The van der Waals surface area contributed by atoms with Gasteiger partial charge in [-0.25, -0.2) is 4.39 Å². The summed E-state index contributed by atoms with van der Waals surface area (Å²) < 4.78 is 11.1. The Bertz CT molecular complexity index is 330. The zero-order valence-corrected chi connectivity index (χ0v) is 9.70. The van der Waals surface area contributed by atoms with E-state index < -0.39 is 9.61 Å². The Hall–Kier alpha value is 0.600. The van der Waals surface area contributed by atoms with Crippen molar-refractivity contribution in [2.75, 3.05) is 0 Å². The molecule has 0 N–H and O–H groups in total. The fraction of sp³-hybridized carbons (Fsp3) is 0.143. The third-order valence-corrected chi connectivity index (χ3v) is 2.53. The largest absolute Gasteiger partial charge is 0.217 e. The van der Waals surface area contributed by atoms with Gasteiger partial charge in [-0.15, -0.1) is 0 Å². The molecule has 72 valence electrons. The molecule has 0 heterocycles. The molecule has 0 aliphatic rings. The van der Waals surface area contributed by atoms with Crippen LogP contribution < -0.4 is 0 Å². The van der Waals surface area contributed by atoms with Crippen molar-refractivity contribution in [2.24, 2.45) is 0 Å². The highest BCUT2D eigenvalue weighted by atomic mass is 35.6. The summed E-state index contributed by atoms with van der Waals surface area (Å²) in [6.07, 6.45) is 0. The highest BCUT2D eigenvalue weighted by molar-refractivity contribution is 6.67. The second kappa shape index (κ2) is 4.00. The molecule has 0 unspecified atom stereocenters. The quantitative estimate of drug-likeness (QED) is 0.466. The Balaban J connectivity index is 3.32. The normalized spacial score (nSPS) is 11.8. The first-order chi connectivity index (χ1) is 5.82. The summed E-state index contributed by atoms with van der Waals surface area (Å²) in [6.45, 7) is 0. The molecule has 0 atom stereocenters. The van der Waals surface area contributed by atoms with Gasteiger partial charge >= 0.3 is 0 Å². The van der Waals surface area contributed by atoms with Crippen molar-refractivity contribution >= 4 is 58.0 Å². The highest BCUT2D eigenvalue weighted by Gasteiger charge is 2.26. The number of rotatable bonds is 0.